The Kier molecular flexibility index (Phi) is 4.74. The van der Waals surface area contributed by atoms with Crippen LogP contribution in [-0.2, 0) is 0 Å². The van der Waals surface area contributed by atoms with E-state index < -0.39 is 5.91 Å². The molecule has 1 aliphatic rings. The maximum atomic E-state index is 13.1. The summed E-state index contributed by atoms with van der Waals surface area (Å²) in [5.74, 6) is -1.11. The highest BCUT2D eigenvalue weighted by atomic mass is 16.2. The van der Waals surface area contributed by atoms with Crippen LogP contribution in [-0.4, -0.2) is 17.7 Å². The quantitative estimate of drug-likeness (QED) is 0.633. The third-order valence-electron chi connectivity index (χ3n) is 5.52. The van der Waals surface area contributed by atoms with Crippen LogP contribution in [0.4, 0.5) is 11.4 Å². The molecule has 0 fully saturated rings. The first-order valence-corrected chi connectivity index (χ1v) is 9.75. The normalized spacial score (nSPS) is 12.9. The summed E-state index contributed by atoms with van der Waals surface area (Å²) in [5, 5.41) is 2.85. The van der Waals surface area contributed by atoms with E-state index in [0.717, 1.165) is 22.3 Å². The van der Waals surface area contributed by atoms with Crippen molar-refractivity contribution in [3.63, 3.8) is 0 Å². The van der Waals surface area contributed by atoms with Crippen molar-refractivity contribution in [2.24, 2.45) is 0 Å². The van der Waals surface area contributed by atoms with E-state index in [2.05, 4.69) is 5.32 Å². The van der Waals surface area contributed by atoms with Crippen LogP contribution < -0.4 is 10.2 Å². The summed E-state index contributed by atoms with van der Waals surface area (Å²) in [6.07, 6.45) is 0. The Bertz CT molecular complexity index is 1230. The fraction of sp³-hybridized carbons (Fsp3) is 0.160. The van der Waals surface area contributed by atoms with Crippen LogP contribution in [0.1, 0.15) is 53.3 Å². The number of carbonyl (C=O) groups is 3. The number of aryl methyl sites for hydroxylation is 4. The molecule has 0 aliphatic carbocycles. The van der Waals surface area contributed by atoms with Gasteiger partial charge in [0.2, 0.25) is 0 Å². The van der Waals surface area contributed by atoms with Crippen molar-refractivity contribution in [2.75, 3.05) is 10.2 Å². The molecule has 3 amide bonds. The first-order valence-electron chi connectivity index (χ1n) is 9.75. The summed E-state index contributed by atoms with van der Waals surface area (Å²) >= 11 is 0. The van der Waals surface area contributed by atoms with Gasteiger partial charge in [-0.05, 0) is 86.3 Å². The van der Waals surface area contributed by atoms with Crippen molar-refractivity contribution in [3.8, 4) is 0 Å². The standard InChI is InChI=1S/C25H22N2O3/c1-14-5-6-16(3)22(11-14)27-24(29)20-10-8-18(13-21(20)25(27)30)23(28)26-19-9-7-15(2)17(4)12-19/h5-13H,1-4H3,(H,26,28). The van der Waals surface area contributed by atoms with Crippen molar-refractivity contribution in [1.29, 1.82) is 0 Å². The van der Waals surface area contributed by atoms with Gasteiger partial charge in [0.05, 0.1) is 16.8 Å². The summed E-state index contributed by atoms with van der Waals surface area (Å²) in [5.41, 5.74) is 6.15. The van der Waals surface area contributed by atoms with Gasteiger partial charge in [0.1, 0.15) is 0 Å². The van der Waals surface area contributed by atoms with Crippen molar-refractivity contribution in [3.05, 3.63) is 93.5 Å². The van der Waals surface area contributed by atoms with Crippen LogP contribution in [0.25, 0.3) is 0 Å². The van der Waals surface area contributed by atoms with Crippen LogP contribution >= 0.6 is 0 Å². The fourth-order valence-electron chi connectivity index (χ4n) is 3.58. The van der Waals surface area contributed by atoms with Crippen LogP contribution in [0.3, 0.4) is 0 Å². The number of amides is 3. The molecular formula is C25H22N2O3. The lowest BCUT2D eigenvalue weighted by Crippen LogP contribution is -2.30. The van der Waals surface area contributed by atoms with E-state index in [1.54, 1.807) is 12.1 Å². The molecule has 150 valence electrons. The number of imide groups is 1. The minimum atomic E-state index is -0.412. The van der Waals surface area contributed by atoms with Crippen molar-refractivity contribution in [1.82, 2.24) is 0 Å². The van der Waals surface area contributed by atoms with Crippen LogP contribution in [0.2, 0.25) is 0 Å². The molecule has 0 saturated carbocycles. The van der Waals surface area contributed by atoms with E-state index in [0.29, 0.717) is 22.5 Å². The molecule has 1 aliphatic heterocycles. The zero-order valence-corrected chi connectivity index (χ0v) is 17.4. The number of hydrogen-bond acceptors (Lipinski definition) is 3. The second kappa shape index (κ2) is 7.26. The summed E-state index contributed by atoms with van der Waals surface area (Å²) in [6, 6.07) is 16.0. The summed E-state index contributed by atoms with van der Waals surface area (Å²) in [7, 11) is 0. The molecule has 5 heteroatoms. The summed E-state index contributed by atoms with van der Waals surface area (Å²) in [6.45, 7) is 7.76. The topological polar surface area (TPSA) is 66.5 Å². The van der Waals surface area contributed by atoms with E-state index in [9.17, 15) is 14.4 Å². The van der Waals surface area contributed by atoms with Crippen molar-refractivity contribution in [2.45, 2.75) is 27.7 Å². The number of hydrogen-bond donors (Lipinski definition) is 1. The van der Waals surface area contributed by atoms with Crippen molar-refractivity contribution >= 4 is 29.1 Å². The molecule has 0 spiro atoms. The van der Waals surface area contributed by atoms with Gasteiger partial charge in [0.25, 0.3) is 17.7 Å². The molecular weight excluding hydrogens is 376 g/mol. The second-order valence-corrected chi connectivity index (χ2v) is 7.75. The minimum absolute atomic E-state index is 0.244. The smallest absolute Gasteiger partial charge is 0.266 e. The maximum absolute atomic E-state index is 13.1. The molecule has 0 atom stereocenters. The Labute approximate surface area is 175 Å². The SMILES string of the molecule is Cc1ccc(C)c(N2C(=O)c3ccc(C(=O)Nc4ccc(C)c(C)c4)cc3C2=O)c1. The number of nitrogens with zero attached hydrogens (tertiary/aromatic N) is 1. The van der Waals surface area contributed by atoms with Crippen LogP contribution in [0, 0.1) is 27.7 Å². The van der Waals surface area contributed by atoms with E-state index in [1.165, 1.54) is 11.0 Å². The lowest BCUT2D eigenvalue weighted by molar-refractivity contribution is 0.0925. The first-order chi connectivity index (χ1) is 14.3. The predicted octanol–water partition coefficient (Wildman–Crippen LogP) is 4.97. The summed E-state index contributed by atoms with van der Waals surface area (Å²) in [4.78, 5) is 39.9. The van der Waals surface area contributed by atoms with Crippen LogP contribution in [0.15, 0.2) is 54.6 Å². The number of carbonyl (C=O) groups excluding carboxylic acids is 3. The van der Waals surface area contributed by atoms with E-state index in [4.69, 9.17) is 0 Å². The van der Waals surface area contributed by atoms with E-state index in [-0.39, 0.29) is 17.4 Å². The molecule has 1 heterocycles. The fourth-order valence-corrected chi connectivity index (χ4v) is 3.58. The highest BCUT2D eigenvalue weighted by Crippen LogP contribution is 2.32. The largest absolute Gasteiger partial charge is 0.322 e. The van der Waals surface area contributed by atoms with Gasteiger partial charge < -0.3 is 5.32 Å². The molecule has 5 nitrogen and oxygen atoms in total. The monoisotopic (exact) mass is 398 g/mol. The minimum Gasteiger partial charge on any atom is -0.322 e. The van der Waals surface area contributed by atoms with Crippen LogP contribution in [0.5, 0.6) is 0 Å². The lowest BCUT2D eigenvalue weighted by Gasteiger charge is -2.17. The van der Waals surface area contributed by atoms with E-state index >= 15 is 0 Å². The Morgan fingerprint density at radius 3 is 2.17 bits per heavy atom. The highest BCUT2D eigenvalue weighted by molar-refractivity contribution is 6.35. The van der Waals surface area contributed by atoms with Gasteiger partial charge in [-0.15, -0.1) is 0 Å². The van der Waals surface area contributed by atoms with Gasteiger partial charge in [-0.3, -0.25) is 14.4 Å². The molecule has 1 N–H and O–H groups in total. The van der Waals surface area contributed by atoms with Gasteiger partial charge >= 0.3 is 0 Å². The molecule has 3 aromatic carbocycles. The number of rotatable bonds is 3. The zero-order chi connectivity index (χ0) is 21.6. The first kappa shape index (κ1) is 19.6. The van der Waals surface area contributed by atoms with Gasteiger partial charge in [-0.25, -0.2) is 4.90 Å². The average Bonchev–Trinajstić information content (AvgIpc) is 2.96. The van der Waals surface area contributed by atoms with Gasteiger partial charge in [-0.1, -0.05) is 18.2 Å². The Balaban J connectivity index is 1.65. The molecule has 4 rings (SSSR count). The third kappa shape index (κ3) is 3.28. The Morgan fingerprint density at radius 2 is 1.43 bits per heavy atom. The van der Waals surface area contributed by atoms with E-state index in [1.807, 2.05) is 64.1 Å². The Hall–Kier alpha value is -3.73. The molecule has 0 bridgehead atoms. The molecule has 30 heavy (non-hydrogen) atoms. The molecule has 0 saturated heterocycles. The maximum Gasteiger partial charge on any atom is 0.266 e. The molecule has 3 aromatic rings. The second-order valence-electron chi connectivity index (χ2n) is 7.75. The van der Waals surface area contributed by atoms with Gasteiger partial charge in [-0.2, -0.15) is 0 Å². The number of fused-ring (bicyclic) bond motifs is 1. The van der Waals surface area contributed by atoms with Gasteiger partial charge in [0, 0.05) is 11.3 Å². The third-order valence-corrected chi connectivity index (χ3v) is 5.52. The molecule has 0 unspecified atom stereocenters. The lowest BCUT2D eigenvalue weighted by atomic mass is 10.0. The molecule has 0 aromatic heterocycles. The average molecular weight is 398 g/mol. The number of benzene rings is 3. The number of anilines is 2. The Morgan fingerprint density at radius 1 is 0.733 bits per heavy atom. The highest BCUT2D eigenvalue weighted by Gasteiger charge is 2.37. The zero-order valence-electron chi connectivity index (χ0n) is 17.4. The molecule has 0 radical (unpaired) electrons. The van der Waals surface area contributed by atoms with Crippen molar-refractivity contribution < 1.29 is 14.4 Å². The summed E-state index contributed by atoms with van der Waals surface area (Å²) < 4.78 is 0. The predicted molar refractivity (Wildman–Crippen MR) is 117 cm³/mol. The number of nitrogens with one attached hydrogen (secondary N) is 1. The van der Waals surface area contributed by atoms with Gasteiger partial charge in [0.15, 0.2) is 0 Å².